The molecule has 11 rings (SSSR count). The molecular weight excluding hydrogens is 1080 g/mol. The standard InChI is InChI=1S/C46H36N10.2Pt/c1-47-21-25-51(33-47)39-9-5-13-43(29-39)55(44-14-6-10-40(30-44)52-26-22-48(2)34-52)37-17-19-38(20-18-37)56(45-15-7-11-41(31-45)53-27-23-49(3)35-53)46-16-8-12-42(32-46)54-28-24-50(4)36-54;;/h5-28H,1-4H3;;/q-4;;. The Bertz CT molecular complexity index is 2450. The van der Waals surface area contributed by atoms with E-state index < -0.39 is 35.3 Å². The van der Waals surface area contributed by atoms with E-state index >= 15 is 0 Å². The molecule has 0 unspecified atom stereocenters. The van der Waals surface area contributed by atoms with Crippen molar-refractivity contribution in [3.8, 4) is 0 Å². The van der Waals surface area contributed by atoms with Gasteiger partial charge in [-0.05, 0) is 0 Å². The summed E-state index contributed by atoms with van der Waals surface area (Å²) in [4.78, 5) is 22.6. The van der Waals surface area contributed by atoms with Crippen molar-refractivity contribution < 1.29 is 35.3 Å². The maximum absolute atomic E-state index is 3.80. The molecule has 12 heteroatoms. The molecule has 0 spiro atoms. The van der Waals surface area contributed by atoms with E-state index in [2.05, 4.69) is 248 Å². The van der Waals surface area contributed by atoms with Crippen LogP contribution in [0, 0.1) is 24.3 Å². The van der Waals surface area contributed by atoms with E-state index in [1.54, 1.807) is 0 Å². The third-order valence-electron chi connectivity index (χ3n) is 10.3. The Balaban J connectivity index is 1.05. The van der Waals surface area contributed by atoms with E-state index in [1.807, 2.05) is 0 Å². The summed E-state index contributed by atoms with van der Waals surface area (Å²) < 4.78 is 5.04. The zero-order valence-electron chi connectivity index (χ0n) is 32.0. The second kappa shape index (κ2) is 13.8. The summed E-state index contributed by atoms with van der Waals surface area (Å²) in [5.41, 5.74) is 9.71. The van der Waals surface area contributed by atoms with Crippen LogP contribution >= 0.6 is 0 Å². The average molecular weight is 1120 g/mol. The van der Waals surface area contributed by atoms with Crippen LogP contribution in [-0.2, 0) is 35.3 Å². The van der Waals surface area contributed by atoms with Crippen LogP contribution < -0.4 is 29.4 Å². The molecule has 0 amide bonds. The monoisotopic (exact) mass is 1120 g/mol. The molecule has 6 aliphatic rings. The summed E-state index contributed by atoms with van der Waals surface area (Å²) in [6.45, 7) is 0. The van der Waals surface area contributed by atoms with Crippen LogP contribution in [0.1, 0.15) is 0 Å². The molecule has 10 nitrogen and oxygen atoms in total. The third kappa shape index (κ3) is 5.77. The summed E-state index contributed by atoms with van der Waals surface area (Å²) >= 11 is -1.17. The predicted molar refractivity (Wildman–Crippen MR) is 229 cm³/mol. The van der Waals surface area contributed by atoms with Crippen LogP contribution in [-0.4, -0.2) is 64.4 Å². The average Bonchev–Trinajstić information content (AvgIpc) is 4.01. The number of hydrogen-bond donors (Lipinski definition) is 0. The summed E-state index contributed by atoms with van der Waals surface area (Å²) in [5.74, 6) is 0. The Morgan fingerprint density at radius 3 is 0.810 bits per heavy atom. The molecule has 0 saturated heterocycles. The molecule has 5 aromatic carbocycles. The van der Waals surface area contributed by atoms with Crippen LogP contribution in [0.2, 0.25) is 0 Å². The first-order valence-corrected chi connectivity index (χ1v) is 23.2. The zero-order chi connectivity index (χ0) is 39.1. The third-order valence-corrected chi connectivity index (χ3v) is 17.7. The SMILES string of the molecule is CN1C=CN2[C]1=[Pt]=[C]1N(C)C=CN1c1[c-]c(ccc1)N(c1ccc(N3c4[c-]c(ccc4)N4C=CN(C)[C]4=[Pt]=[C]4N(C)C=CN4c4[c-]c3ccc4)cc1)c1[c-]c2ccc1. The van der Waals surface area contributed by atoms with E-state index in [4.69, 9.17) is 0 Å². The number of rotatable bonds is 2. The van der Waals surface area contributed by atoms with Gasteiger partial charge in [0.15, 0.2) is 0 Å². The first-order valence-electron chi connectivity index (χ1n) is 18.6. The van der Waals surface area contributed by atoms with Gasteiger partial charge in [0.05, 0.1) is 0 Å². The van der Waals surface area contributed by atoms with Crippen molar-refractivity contribution in [3.63, 3.8) is 0 Å². The van der Waals surface area contributed by atoms with Crippen molar-refractivity contribution in [1.82, 2.24) is 19.6 Å². The molecule has 0 aromatic heterocycles. The Labute approximate surface area is 354 Å². The van der Waals surface area contributed by atoms with Gasteiger partial charge in [0, 0.05) is 0 Å². The predicted octanol–water partition coefficient (Wildman–Crippen LogP) is 7.26. The van der Waals surface area contributed by atoms with Crippen molar-refractivity contribution in [1.29, 1.82) is 0 Å². The Hall–Kier alpha value is -6.08. The van der Waals surface area contributed by atoms with Gasteiger partial charge < -0.3 is 0 Å². The molecule has 6 aliphatic heterocycles. The molecule has 8 bridgehead atoms. The fourth-order valence-corrected chi connectivity index (χ4v) is 13.5. The molecular formula is C46H36N10Pt2-4. The van der Waals surface area contributed by atoms with E-state index in [0.717, 1.165) is 56.9 Å². The van der Waals surface area contributed by atoms with E-state index in [9.17, 15) is 0 Å². The molecule has 0 radical (unpaired) electrons. The van der Waals surface area contributed by atoms with Gasteiger partial charge in [-0.25, -0.2) is 0 Å². The minimum absolute atomic E-state index is 0.587. The van der Waals surface area contributed by atoms with Crippen LogP contribution in [0.3, 0.4) is 0 Å². The number of hydrogen-bond acceptors (Lipinski definition) is 10. The van der Waals surface area contributed by atoms with E-state index in [0.29, 0.717) is 0 Å². The summed E-state index contributed by atoms with van der Waals surface area (Å²) in [7, 11) is 8.53. The fraction of sp³-hybridized carbons (Fsp3) is 0.0870. The number of nitrogens with zero attached hydrogens (tertiary/aromatic N) is 10. The number of benzene rings is 5. The van der Waals surface area contributed by atoms with Gasteiger partial charge >= 0.3 is 357 Å². The van der Waals surface area contributed by atoms with Gasteiger partial charge in [0.25, 0.3) is 0 Å². The van der Waals surface area contributed by atoms with Gasteiger partial charge in [-0.2, -0.15) is 0 Å². The molecule has 0 fully saturated rings. The normalized spacial score (nSPS) is 18.1. The number of anilines is 10. The second-order valence-electron chi connectivity index (χ2n) is 14.1. The molecule has 0 saturated carbocycles. The van der Waals surface area contributed by atoms with Crippen LogP contribution in [0.15, 0.2) is 147 Å². The van der Waals surface area contributed by atoms with Crippen molar-refractivity contribution >= 4 is 73.5 Å². The van der Waals surface area contributed by atoms with Crippen molar-refractivity contribution in [3.05, 3.63) is 171 Å². The topological polar surface area (TPSA) is 32.4 Å². The van der Waals surface area contributed by atoms with Crippen molar-refractivity contribution in [2.45, 2.75) is 0 Å². The van der Waals surface area contributed by atoms with E-state index in [1.165, 1.54) is 16.6 Å². The summed E-state index contributed by atoms with van der Waals surface area (Å²) in [6, 6.07) is 49.6. The fourth-order valence-electron chi connectivity index (χ4n) is 7.42. The quantitative estimate of drug-likeness (QED) is 0.169. The Morgan fingerprint density at radius 2 is 0.552 bits per heavy atom. The first-order chi connectivity index (χ1) is 28.4. The van der Waals surface area contributed by atoms with Gasteiger partial charge in [-0.1, -0.05) is 0 Å². The van der Waals surface area contributed by atoms with Crippen LogP contribution in [0.5, 0.6) is 0 Å². The van der Waals surface area contributed by atoms with Gasteiger partial charge in [-0.3, -0.25) is 0 Å². The van der Waals surface area contributed by atoms with Gasteiger partial charge in [-0.15, -0.1) is 0 Å². The zero-order valence-corrected chi connectivity index (χ0v) is 36.5. The summed E-state index contributed by atoms with van der Waals surface area (Å²) in [6.07, 6.45) is 17.2. The van der Waals surface area contributed by atoms with Gasteiger partial charge in [0.1, 0.15) is 0 Å². The van der Waals surface area contributed by atoms with Gasteiger partial charge in [0.2, 0.25) is 0 Å². The Kier molecular flexibility index (Phi) is 8.35. The second-order valence-corrected chi connectivity index (χ2v) is 19.3. The molecule has 6 heterocycles. The van der Waals surface area contributed by atoms with Crippen molar-refractivity contribution in [2.24, 2.45) is 0 Å². The Morgan fingerprint density at radius 1 is 0.310 bits per heavy atom. The van der Waals surface area contributed by atoms with E-state index in [-0.39, 0.29) is 0 Å². The molecule has 294 valence electrons. The maximum atomic E-state index is 3.80. The molecule has 0 atom stereocenters. The first kappa shape index (κ1) is 35.1. The molecule has 0 N–H and O–H groups in total. The minimum atomic E-state index is -0.587. The number of fused-ring (bicyclic) bond motifs is 16. The van der Waals surface area contributed by atoms with Crippen LogP contribution in [0.25, 0.3) is 0 Å². The molecule has 5 aromatic rings. The summed E-state index contributed by atoms with van der Waals surface area (Å²) in [5, 5.41) is 0. The van der Waals surface area contributed by atoms with Crippen LogP contribution in [0.4, 0.5) is 56.9 Å². The van der Waals surface area contributed by atoms with Crippen molar-refractivity contribution in [2.75, 3.05) is 57.6 Å². The molecule has 58 heavy (non-hydrogen) atoms. The molecule has 0 aliphatic carbocycles.